The third-order valence-electron chi connectivity index (χ3n) is 4.38. The Bertz CT molecular complexity index is 868. The second-order valence-corrected chi connectivity index (χ2v) is 6.85. The van der Waals surface area contributed by atoms with Crippen LogP contribution in [0.2, 0.25) is 0 Å². The van der Waals surface area contributed by atoms with Gasteiger partial charge in [-0.3, -0.25) is 9.59 Å². The highest BCUT2D eigenvalue weighted by molar-refractivity contribution is 6.01. The summed E-state index contributed by atoms with van der Waals surface area (Å²) in [4.78, 5) is 27.7. The predicted octanol–water partition coefficient (Wildman–Crippen LogP) is 0.997. The highest BCUT2D eigenvalue weighted by atomic mass is 16.5. The third kappa shape index (κ3) is 4.11. The number of nitrogens with two attached hydrogens (primary N) is 1. The number of nitrogens with zero attached hydrogens (tertiary/aromatic N) is 1. The number of primary amides is 1. The molecular formula is C19H23N3O5. The third-order valence-corrected chi connectivity index (χ3v) is 4.38. The van der Waals surface area contributed by atoms with Gasteiger partial charge in [-0.1, -0.05) is 0 Å². The van der Waals surface area contributed by atoms with Crippen LogP contribution in [-0.2, 0) is 4.79 Å². The molecular weight excluding hydrogens is 350 g/mol. The number of rotatable bonds is 7. The van der Waals surface area contributed by atoms with Crippen LogP contribution in [0.15, 0.2) is 24.4 Å². The van der Waals surface area contributed by atoms with Crippen LogP contribution < -0.4 is 20.5 Å². The lowest BCUT2D eigenvalue weighted by Gasteiger charge is -2.16. The summed E-state index contributed by atoms with van der Waals surface area (Å²) < 4.78 is 11.5. The van der Waals surface area contributed by atoms with E-state index in [0.29, 0.717) is 29.0 Å². The van der Waals surface area contributed by atoms with Crippen LogP contribution >= 0.6 is 0 Å². The highest BCUT2D eigenvalue weighted by Gasteiger charge is 2.31. The largest absolute Gasteiger partial charge is 0.490 e. The van der Waals surface area contributed by atoms with Crippen LogP contribution in [0.3, 0.4) is 0 Å². The van der Waals surface area contributed by atoms with Crippen molar-refractivity contribution in [2.24, 2.45) is 11.7 Å². The van der Waals surface area contributed by atoms with Gasteiger partial charge in [0.05, 0.1) is 30.2 Å². The van der Waals surface area contributed by atoms with Crippen molar-refractivity contribution < 1.29 is 24.2 Å². The zero-order valence-electron chi connectivity index (χ0n) is 15.3. The summed E-state index contributed by atoms with van der Waals surface area (Å²) in [5, 5.41) is 13.4. The smallest absolute Gasteiger partial charge is 0.252 e. The number of carbonyl (C=O) groups excluding carboxylic acids is 2. The number of benzene rings is 1. The molecule has 2 amide bonds. The molecule has 3 rings (SSSR count). The Morgan fingerprint density at radius 3 is 2.85 bits per heavy atom. The van der Waals surface area contributed by atoms with Crippen LogP contribution in [0.4, 0.5) is 0 Å². The highest BCUT2D eigenvalue weighted by Crippen LogP contribution is 2.31. The van der Waals surface area contributed by atoms with Gasteiger partial charge in [-0.2, -0.15) is 0 Å². The van der Waals surface area contributed by atoms with Crippen molar-refractivity contribution in [3.63, 3.8) is 0 Å². The Labute approximate surface area is 156 Å². The van der Waals surface area contributed by atoms with Crippen LogP contribution in [0, 0.1) is 5.92 Å². The minimum Gasteiger partial charge on any atom is -0.490 e. The summed E-state index contributed by atoms with van der Waals surface area (Å²) in [6.45, 7) is 3.76. The Morgan fingerprint density at radius 2 is 2.22 bits per heavy atom. The molecule has 4 N–H and O–H groups in total. The Hall–Kier alpha value is -2.87. The molecule has 2 atom stereocenters. The molecule has 0 bridgehead atoms. The van der Waals surface area contributed by atoms with Crippen LogP contribution in [0.25, 0.3) is 10.8 Å². The number of pyridine rings is 1. The van der Waals surface area contributed by atoms with Gasteiger partial charge in [-0.05, 0) is 43.9 Å². The number of hydrogen-bond donors (Lipinski definition) is 3. The Morgan fingerprint density at radius 1 is 1.44 bits per heavy atom. The van der Waals surface area contributed by atoms with E-state index in [1.165, 1.54) is 0 Å². The van der Waals surface area contributed by atoms with Crippen LogP contribution in [-0.4, -0.2) is 47.3 Å². The lowest BCUT2D eigenvalue weighted by molar-refractivity contribution is -0.123. The van der Waals surface area contributed by atoms with Gasteiger partial charge < -0.3 is 25.6 Å². The molecule has 1 aliphatic rings. The maximum atomic E-state index is 11.8. The maximum absolute atomic E-state index is 11.8. The average molecular weight is 373 g/mol. The van der Waals surface area contributed by atoms with E-state index in [4.69, 9.17) is 15.2 Å². The van der Waals surface area contributed by atoms with Crippen molar-refractivity contribution in [2.75, 3.05) is 13.2 Å². The Kier molecular flexibility index (Phi) is 5.46. The number of fused-ring (bicyclic) bond motifs is 1. The number of aromatic nitrogens is 1. The first-order chi connectivity index (χ1) is 12.9. The second-order valence-electron chi connectivity index (χ2n) is 6.85. The molecule has 2 aromatic rings. The fourth-order valence-electron chi connectivity index (χ4n) is 3.11. The lowest BCUT2D eigenvalue weighted by atomic mass is 10.1. The number of amides is 2. The summed E-state index contributed by atoms with van der Waals surface area (Å²) in [6.07, 6.45) is 1.95. The minimum absolute atomic E-state index is 0.134. The van der Waals surface area contributed by atoms with Crippen molar-refractivity contribution in [3.05, 3.63) is 30.0 Å². The number of carbonyl (C=O) groups is 2. The number of hydrogen-bond acceptors (Lipinski definition) is 6. The van der Waals surface area contributed by atoms with Gasteiger partial charge in [0, 0.05) is 11.6 Å². The Balaban J connectivity index is 1.87. The molecule has 2 heterocycles. The first-order valence-corrected chi connectivity index (χ1v) is 8.82. The second kappa shape index (κ2) is 7.79. The van der Waals surface area contributed by atoms with E-state index >= 15 is 0 Å². The topological polar surface area (TPSA) is 124 Å². The standard InChI is InChI=1S/C19H23N3O5/c1-10(2)27-16-7-14-11(6-15(16)17(20)24)3-4-21-19(14)26-9-13-5-12(8-23)18(25)22-13/h3-4,6-7,10,12-13,23H,5,8-9H2,1-2H3,(H2,20,24)(H,22,25). The monoisotopic (exact) mass is 373 g/mol. The summed E-state index contributed by atoms with van der Waals surface area (Å²) in [6, 6.07) is 4.92. The van der Waals surface area contributed by atoms with Gasteiger partial charge in [0.15, 0.2) is 0 Å². The van der Waals surface area contributed by atoms with E-state index in [2.05, 4.69) is 10.3 Å². The molecule has 1 saturated heterocycles. The maximum Gasteiger partial charge on any atom is 0.252 e. The molecule has 1 aromatic carbocycles. The number of aliphatic hydroxyl groups is 1. The van der Waals surface area contributed by atoms with Crippen molar-refractivity contribution in [1.82, 2.24) is 10.3 Å². The average Bonchev–Trinajstić information content (AvgIpc) is 2.98. The zero-order chi connectivity index (χ0) is 19.6. The van der Waals surface area contributed by atoms with Crippen LogP contribution in [0.5, 0.6) is 11.6 Å². The van der Waals surface area contributed by atoms with Gasteiger partial charge >= 0.3 is 0 Å². The molecule has 8 heteroatoms. The molecule has 0 spiro atoms. The molecule has 27 heavy (non-hydrogen) atoms. The normalized spacial score (nSPS) is 19.3. The minimum atomic E-state index is -0.574. The molecule has 0 aliphatic carbocycles. The summed E-state index contributed by atoms with van der Waals surface area (Å²) in [7, 11) is 0. The van der Waals surface area contributed by atoms with Gasteiger partial charge in [-0.15, -0.1) is 0 Å². The predicted molar refractivity (Wildman–Crippen MR) is 98.6 cm³/mol. The van der Waals surface area contributed by atoms with E-state index in [1.54, 1.807) is 24.4 Å². The lowest BCUT2D eigenvalue weighted by Crippen LogP contribution is -2.31. The van der Waals surface area contributed by atoms with Crippen LogP contribution in [0.1, 0.15) is 30.6 Å². The molecule has 2 unspecified atom stereocenters. The SMILES string of the molecule is CC(C)Oc1cc2c(OCC3CC(CO)C(=O)N3)nccc2cc1C(N)=O. The van der Waals surface area contributed by atoms with Crippen molar-refractivity contribution in [2.45, 2.75) is 32.4 Å². The first-order valence-electron chi connectivity index (χ1n) is 8.82. The van der Waals surface area contributed by atoms with Gasteiger partial charge in [-0.25, -0.2) is 4.98 Å². The number of nitrogens with one attached hydrogen (secondary N) is 1. The summed E-state index contributed by atoms with van der Waals surface area (Å²) in [5.41, 5.74) is 5.77. The van der Waals surface area contributed by atoms with E-state index in [-0.39, 0.29) is 31.3 Å². The van der Waals surface area contributed by atoms with Crippen molar-refractivity contribution in [3.8, 4) is 11.6 Å². The summed E-state index contributed by atoms with van der Waals surface area (Å²) in [5.74, 6) is -0.398. The van der Waals surface area contributed by atoms with Gasteiger partial charge in [0.1, 0.15) is 12.4 Å². The molecule has 1 fully saturated rings. The number of ether oxygens (including phenoxy) is 2. The fourth-order valence-corrected chi connectivity index (χ4v) is 3.11. The van der Waals surface area contributed by atoms with Crippen molar-refractivity contribution in [1.29, 1.82) is 0 Å². The van der Waals surface area contributed by atoms with Gasteiger partial charge in [0.2, 0.25) is 11.8 Å². The van der Waals surface area contributed by atoms with E-state index in [9.17, 15) is 14.7 Å². The van der Waals surface area contributed by atoms with Crippen molar-refractivity contribution >= 4 is 22.6 Å². The molecule has 0 radical (unpaired) electrons. The fraction of sp³-hybridized carbons (Fsp3) is 0.421. The quantitative estimate of drug-likeness (QED) is 0.665. The van der Waals surface area contributed by atoms with E-state index in [0.717, 1.165) is 5.39 Å². The van der Waals surface area contributed by atoms with E-state index in [1.807, 2.05) is 13.8 Å². The molecule has 8 nitrogen and oxygen atoms in total. The number of aliphatic hydroxyl groups excluding tert-OH is 1. The molecule has 1 aliphatic heterocycles. The zero-order valence-corrected chi connectivity index (χ0v) is 15.3. The van der Waals surface area contributed by atoms with E-state index < -0.39 is 11.8 Å². The first kappa shape index (κ1) is 18.9. The van der Waals surface area contributed by atoms with Gasteiger partial charge in [0.25, 0.3) is 5.91 Å². The molecule has 144 valence electrons. The molecule has 0 saturated carbocycles. The molecule has 1 aromatic heterocycles. The summed E-state index contributed by atoms with van der Waals surface area (Å²) >= 11 is 0.